The Morgan fingerprint density at radius 3 is 2.07 bits per heavy atom. The first-order valence-corrected chi connectivity index (χ1v) is 10.7. The average molecular weight is 395 g/mol. The topological polar surface area (TPSA) is 32.8 Å². The van der Waals surface area contributed by atoms with Crippen molar-refractivity contribution in [1.29, 1.82) is 0 Å². The summed E-state index contributed by atoms with van der Waals surface area (Å²) in [6.07, 6.45) is 2.83. The zero-order valence-electron chi connectivity index (χ0n) is 18.0. The number of rotatable bonds is 6. The zero-order chi connectivity index (χ0) is 20.7. The monoisotopic (exact) mass is 394 g/mol. The molecule has 0 spiro atoms. The van der Waals surface area contributed by atoms with Crippen LogP contribution >= 0.6 is 0 Å². The van der Waals surface area contributed by atoms with Crippen LogP contribution in [0.25, 0.3) is 0 Å². The third-order valence-corrected chi connectivity index (χ3v) is 5.39. The summed E-state index contributed by atoms with van der Waals surface area (Å²) in [7, 11) is 0. The highest BCUT2D eigenvalue weighted by Crippen LogP contribution is 2.21. The van der Waals surface area contributed by atoms with Crippen molar-refractivity contribution in [2.75, 3.05) is 19.6 Å². The second kappa shape index (κ2) is 9.93. The average Bonchev–Trinajstić information content (AvgIpc) is 2.71. The number of nitrogens with zero attached hydrogens (tertiary/aromatic N) is 2. The van der Waals surface area contributed by atoms with Crippen LogP contribution in [-0.4, -0.2) is 47.2 Å². The predicted octanol–water partition coefficient (Wildman–Crippen LogP) is 5.13. The SMILES string of the molecule is CC(C)(C)OC(=O)N1CCC(N(CCc2ccccc2)Cc2ccccc2)CC1. The van der Waals surface area contributed by atoms with E-state index in [1.54, 1.807) is 0 Å². The molecule has 1 fully saturated rings. The molecular weight excluding hydrogens is 360 g/mol. The lowest BCUT2D eigenvalue weighted by Crippen LogP contribution is -2.48. The van der Waals surface area contributed by atoms with Crippen molar-refractivity contribution in [3.05, 3.63) is 71.8 Å². The van der Waals surface area contributed by atoms with Gasteiger partial charge in [0.25, 0.3) is 0 Å². The van der Waals surface area contributed by atoms with Crippen LogP contribution in [0.1, 0.15) is 44.7 Å². The van der Waals surface area contributed by atoms with E-state index < -0.39 is 5.60 Å². The van der Waals surface area contributed by atoms with Crippen molar-refractivity contribution in [2.24, 2.45) is 0 Å². The third kappa shape index (κ3) is 6.90. The number of ether oxygens (including phenoxy) is 1. The molecule has 2 aromatic carbocycles. The first-order valence-electron chi connectivity index (χ1n) is 10.7. The van der Waals surface area contributed by atoms with Gasteiger partial charge in [-0.25, -0.2) is 4.79 Å². The molecule has 1 saturated heterocycles. The van der Waals surface area contributed by atoms with Crippen molar-refractivity contribution in [1.82, 2.24) is 9.80 Å². The molecule has 4 nitrogen and oxygen atoms in total. The van der Waals surface area contributed by atoms with Crippen LogP contribution in [-0.2, 0) is 17.7 Å². The summed E-state index contributed by atoms with van der Waals surface area (Å²) in [6, 6.07) is 21.8. The molecular formula is C25H34N2O2. The first-order chi connectivity index (χ1) is 13.9. The van der Waals surface area contributed by atoms with Gasteiger partial charge in [0.15, 0.2) is 0 Å². The van der Waals surface area contributed by atoms with E-state index in [9.17, 15) is 4.79 Å². The summed E-state index contributed by atoms with van der Waals surface area (Å²) in [5, 5.41) is 0. The molecule has 1 aliphatic heterocycles. The van der Waals surface area contributed by atoms with E-state index in [1.807, 2.05) is 25.7 Å². The Kier molecular flexibility index (Phi) is 7.32. The summed E-state index contributed by atoms with van der Waals surface area (Å²) in [5.74, 6) is 0. The van der Waals surface area contributed by atoms with Gasteiger partial charge in [-0.2, -0.15) is 0 Å². The molecule has 1 heterocycles. The van der Waals surface area contributed by atoms with Crippen molar-refractivity contribution in [2.45, 2.75) is 58.2 Å². The Bertz CT molecular complexity index is 747. The molecule has 0 atom stereocenters. The van der Waals surface area contributed by atoms with Crippen LogP contribution in [0.2, 0.25) is 0 Å². The fraction of sp³-hybridized carbons (Fsp3) is 0.480. The molecule has 0 saturated carbocycles. The molecule has 0 N–H and O–H groups in total. The summed E-state index contributed by atoms with van der Waals surface area (Å²) in [5.41, 5.74) is 2.27. The van der Waals surface area contributed by atoms with E-state index in [0.717, 1.165) is 45.4 Å². The largest absolute Gasteiger partial charge is 0.444 e. The van der Waals surface area contributed by atoms with E-state index in [-0.39, 0.29) is 6.09 Å². The maximum atomic E-state index is 12.4. The van der Waals surface area contributed by atoms with Crippen LogP contribution in [0.3, 0.4) is 0 Å². The maximum Gasteiger partial charge on any atom is 0.410 e. The smallest absolute Gasteiger partial charge is 0.410 e. The summed E-state index contributed by atoms with van der Waals surface area (Å²) < 4.78 is 5.55. The van der Waals surface area contributed by atoms with Crippen LogP contribution in [0, 0.1) is 0 Å². The van der Waals surface area contributed by atoms with E-state index in [2.05, 4.69) is 65.6 Å². The summed E-state index contributed by atoms with van der Waals surface area (Å²) in [6.45, 7) is 9.25. The van der Waals surface area contributed by atoms with Crippen LogP contribution in [0.15, 0.2) is 60.7 Å². The Labute approximate surface area is 175 Å². The molecule has 156 valence electrons. The number of carbonyl (C=O) groups is 1. The van der Waals surface area contributed by atoms with Crippen LogP contribution in [0.5, 0.6) is 0 Å². The predicted molar refractivity (Wildman–Crippen MR) is 118 cm³/mol. The Morgan fingerprint density at radius 2 is 1.52 bits per heavy atom. The molecule has 0 unspecified atom stereocenters. The Balaban J connectivity index is 1.61. The van der Waals surface area contributed by atoms with Crippen LogP contribution in [0.4, 0.5) is 4.79 Å². The molecule has 2 aromatic rings. The standard InChI is InChI=1S/C25H34N2O2/c1-25(2,3)29-24(28)26-18-15-23(16-19-26)27(20-22-12-8-5-9-13-22)17-14-21-10-6-4-7-11-21/h4-13,23H,14-20H2,1-3H3. The molecule has 29 heavy (non-hydrogen) atoms. The number of hydrogen-bond acceptors (Lipinski definition) is 3. The molecule has 0 bridgehead atoms. The minimum Gasteiger partial charge on any atom is -0.444 e. The second-order valence-corrected chi connectivity index (χ2v) is 8.89. The number of benzene rings is 2. The zero-order valence-corrected chi connectivity index (χ0v) is 18.0. The minimum atomic E-state index is -0.442. The lowest BCUT2D eigenvalue weighted by atomic mass is 10.0. The fourth-order valence-electron chi connectivity index (χ4n) is 3.87. The number of likely N-dealkylation sites (tertiary alicyclic amines) is 1. The van der Waals surface area contributed by atoms with Gasteiger partial charge in [0.1, 0.15) is 5.60 Å². The summed E-state index contributed by atoms with van der Waals surface area (Å²) in [4.78, 5) is 16.8. The Hall–Kier alpha value is -2.33. The fourth-order valence-corrected chi connectivity index (χ4v) is 3.87. The minimum absolute atomic E-state index is 0.185. The lowest BCUT2D eigenvalue weighted by molar-refractivity contribution is 0.0138. The lowest BCUT2D eigenvalue weighted by Gasteiger charge is -2.39. The molecule has 1 aliphatic rings. The molecule has 4 heteroatoms. The van der Waals surface area contributed by atoms with E-state index in [1.165, 1.54) is 11.1 Å². The van der Waals surface area contributed by atoms with Gasteiger partial charge in [-0.1, -0.05) is 60.7 Å². The number of hydrogen-bond donors (Lipinski definition) is 0. The highest BCUT2D eigenvalue weighted by atomic mass is 16.6. The second-order valence-electron chi connectivity index (χ2n) is 8.89. The van der Waals surface area contributed by atoms with Crippen molar-refractivity contribution >= 4 is 6.09 Å². The highest BCUT2D eigenvalue weighted by Gasteiger charge is 2.29. The number of carbonyl (C=O) groups excluding carboxylic acids is 1. The van der Waals surface area contributed by atoms with Crippen molar-refractivity contribution in [3.8, 4) is 0 Å². The third-order valence-electron chi connectivity index (χ3n) is 5.39. The Morgan fingerprint density at radius 1 is 0.966 bits per heavy atom. The van der Waals surface area contributed by atoms with Gasteiger partial charge in [-0.3, -0.25) is 4.90 Å². The van der Waals surface area contributed by atoms with Gasteiger partial charge in [0.05, 0.1) is 0 Å². The molecule has 1 amide bonds. The quantitative estimate of drug-likeness (QED) is 0.681. The van der Waals surface area contributed by atoms with Crippen LogP contribution < -0.4 is 0 Å². The van der Waals surface area contributed by atoms with Gasteiger partial charge < -0.3 is 9.64 Å². The van der Waals surface area contributed by atoms with Crippen molar-refractivity contribution in [3.63, 3.8) is 0 Å². The van der Waals surface area contributed by atoms with Gasteiger partial charge in [-0.05, 0) is 51.2 Å². The molecule has 0 aliphatic carbocycles. The summed E-state index contributed by atoms with van der Waals surface area (Å²) >= 11 is 0. The molecule has 0 aromatic heterocycles. The first kappa shape index (κ1) is 21.4. The normalized spacial score (nSPS) is 15.5. The van der Waals surface area contributed by atoms with Crippen molar-refractivity contribution < 1.29 is 9.53 Å². The van der Waals surface area contributed by atoms with Gasteiger partial charge in [-0.15, -0.1) is 0 Å². The van der Waals surface area contributed by atoms with E-state index in [0.29, 0.717) is 6.04 Å². The van der Waals surface area contributed by atoms with E-state index in [4.69, 9.17) is 4.74 Å². The molecule has 0 radical (unpaired) electrons. The molecule has 3 rings (SSSR count). The highest BCUT2D eigenvalue weighted by molar-refractivity contribution is 5.68. The number of piperidine rings is 1. The van der Waals surface area contributed by atoms with Gasteiger partial charge in [0.2, 0.25) is 0 Å². The number of amides is 1. The van der Waals surface area contributed by atoms with Gasteiger partial charge >= 0.3 is 6.09 Å². The van der Waals surface area contributed by atoms with Gasteiger partial charge in [0, 0.05) is 32.2 Å². The maximum absolute atomic E-state index is 12.4. The van der Waals surface area contributed by atoms with E-state index >= 15 is 0 Å².